The SMILES string of the molecule is CC(=O)c1cc2c(cc1O)OC(C)(C)c1cc(F)ccc1-2. The van der Waals surface area contributed by atoms with Crippen LogP contribution in [0.5, 0.6) is 11.5 Å². The maximum atomic E-state index is 13.5. The standard InChI is InChI=1S/C17H15FO3/c1-9(19)12-7-13-11-5-4-10(18)6-14(11)17(2,3)21-16(13)8-15(12)20/h4-8,20H,1-3H3. The van der Waals surface area contributed by atoms with Crippen LogP contribution in [0.2, 0.25) is 0 Å². The molecule has 1 heterocycles. The molecule has 4 heteroatoms. The van der Waals surface area contributed by atoms with E-state index in [0.717, 1.165) is 11.1 Å². The first-order valence-electron chi connectivity index (χ1n) is 6.67. The lowest BCUT2D eigenvalue weighted by molar-refractivity contribution is 0.101. The number of ketones is 1. The topological polar surface area (TPSA) is 46.5 Å². The molecule has 1 aliphatic heterocycles. The van der Waals surface area contributed by atoms with Crippen molar-refractivity contribution < 1.29 is 19.0 Å². The number of halogens is 1. The summed E-state index contributed by atoms with van der Waals surface area (Å²) >= 11 is 0. The van der Waals surface area contributed by atoms with Gasteiger partial charge in [-0.1, -0.05) is 6.07 Å². The van der Waals surface area contributed by atoms with E-state index >= 15 is 0 Å². The fourth-order valence-electron chi connectivity index (χ4n) is 2.73. The van der Waals surface area contributed by atoms with E-state index in [0.29, 0.717) is 11.3 Å². The second-order valence-corrected chi connectivity index (χ2v) is 5.72. The molecule has 0 radical (unpaired) electrons. The lowest BCUT2D eigenvalue weighted by atomic mass is 9.85. The molecule has 0 fully saturated rings. The summed E-state index contributed by atoms with van der Waals surface area (Å²) in [6.45, 7) is 5.06. The number of Topliss-reactive ketones (excluding diaryl/α,β-unsaturated/α-hetero) is 1. The zero-order valence-electron chi connectivity index (χ0n) is 12.0. The summed E-state index contributed by atoms with van der Waals surface area (Å²) in [5.41, 5.74) is 1.73. The molecule has 0 amide bonds. The van der Waals surface area contributed by atoms with E-state index in [1.54, 1.807) is 12.1 Å². The molecule has 2 aromatic carbocycles. The smallest absolute Gasteiger partial charge is 0.163 e. The Morgan fingerprint density at radius 3 is 2.57 bits per heavy atom. The van der Waals surface area contributed by atoms with Crippen LogP contribution in [0.25, 0.3) is 11.1 Å². The lowest BCUT2D eigenvalue weighted by Crippen LogP contribution is -2.29. The maximum absolute atomic E-state index is 13.5. The number of phenols is 1. The molecule has 2 aromatic rings. The summed E-state index contributed by atoms with van der Waals surface area (Å²) in [5, 5.41) is 9.94. The zero-order valence-corrected chi connectivity index (χ0v) is 12.0. The van der Waals surface area contributed by atoms with Gasteiger partial charge >= 0.3 is 0 Å². The van der Waals surface area contributed by atoms with Crippen molar-refractivity contribution in [3.63, 3.8) is 0 Å². The predicted octanol–water partition coefficient (Wildman–Crippen LogP) is 4.03. The fourth-order valence-corrected chi connectivity index (χ4v) is 2.73. The third-order valence-corrected chi connectivity index (χ3v) is 3.76. The summed E-state index contributed by atoms with van der Waals surface area (Å²) in [4.78, 5) is 11.6. The third kappa shape index (κ3) is 2.07. The van der Waals surface area contributed by atoms with Crippen molar-refractivity contribution in [2.45, 2.75) is 26.4 Å². The number of rotatable bonds is 1. The van der Waals surface area contributed by atoms with Crippen molar-refractivity contribution >= 4 is 5.78 Å². The summed E-state index contributed by atoms with van der Waals surface area (Å²) < 4.78 is 19.4. The molecule has 108 valence electrons. The molecule has 3 nitrogen and oxygen atoms in total. The Balaban J connectivity index is 2.32. The minimum atomic E-state index is -0.714. The molecule has 0 spiro atoms. The van der Waals surface area contributed by atoms with Gasteiger partial charge in [0.2, 0.25) is 0 Å². The molecule has 3 rings (SSSR count). The normalized spacial score (nSPS) is 14.9. The number of ether oxygens (including phenoxy) is 1. The van der Waals surface area contributed by atoms with Crippen LogP contribution < -0.4 is 4.74 Å². The van der Waals surface area contributed by atoms with Gasteiger partial charge in [-0.05, 0) is 44.5 Å². The highest BCUT2D eigenvalue weighted by Crippen LogP contribution is 2.47. The van der Waals surface area contributed by atoms with E-state index in [9.17, 15) is 14.3 Å². The first-order valence-corrected chi connectivity index (χ1v) is 6.67. The molecule has 0 aliphatic carbocycles. The van der Waals surface area contributed by atoms with Crippen molar-refractivity contribution in [3.8, 4) is 22.6 Å². The number of fused-ring (bicyclic) bond motifs is 3. The molecule has 0 atom stereocenters. The van der Waals surface area contributed by atoms with Crippen molar-refractivity contribution in [3.05, 3.63) is 47.3 Å². The van der Waals surface area contributed by atoms with Crippen molar-refractivity contribution in [1.29, 1.82) is 0 Å². The molecule has 21 heavy (non-hydrogen) atoms. The first kappa shape index (κ1) is 13.6. The Bertz CT molecular complexity index is 763. The van der Waals surface area contributed by atoms with Gasteiger partial charge in [0.05, 0.1) is 5.56 Å². The van der Waals surface area contributed by atoms with Crippen LogP contribution in [-0.2, 0) is 5.60 Å². The molecular formula is C17H15FO3. The van der Waals surface area contributed by atoms with Crippen LogP contribution in [0.1, 0.15) is 36.7 Å². The number of aromatic hydroxyl groups is 1. The summed E-state index contributed by atoms with van der Waals surface area (Å²) in [6.07, 6.45) is 0. The monoisotopic (exact) mass is 286 g/mol. The van der Waals surface area contributed by atoms with E-state index < -0.39 is 5.60 Å². The highest BCUT2D eigenvalue weighted by atomic mass is 19.1. The summed E-state index contributed by atoms with van der Waals surface area (Å²) in [5.74, 6) is -0.188. The fraction of sp³-hybridized carbons (Fsp3) is 0.235. The molecule has 0 unspecified atom stereocenters. The van der Waals surface area contributed by atoms with Crippen LogP contribution in [-0.4, -0.2) is 10.9 Å². The van der Waals surface area contributed by atoms with Gasteiger partial charge in [0.15, 0.2) is 5.78 Å². The van der Waals surface area contributed by atoms with Gasteiger partial charge in [0.25, 0.3) is 0 Å². The number of carbonyl (C=O) groups excluding carboxylic acids is 1. The minimum Gasteiger partial charge on any atom is -0.507 e. The van der Waals surface area contributed by atoms with Crippen LogP contribution in [0, 0.1) is 5.82 Å². The number of benzene rings is 2. The number of carbonyl (C=O) groups is 1. The number of hydrogen-bond acceptors (Lipinski definition) is 3. The number of phenolic OH excluding ortho intramolecular Hbond substituents is 1. The molecule has 1 aliphatic rings. The average Bonchev–Trinajstić information content (AvgIpc) is 2.37. The van der Waals surface area contributed by atoms with Crippen LogP contribution in [0.15, 0.2) is 30.3 Å². The Labute approximate surface area is 122 Å². The van der Waals surface area contributed by atoms with Crippen LogP contribution >= 0.6 is 0 Å². The van der Waals surface area contributed by atoms with Crippen molar-refractivity contribution in [1.82, 2.24) is 0 Å². The maximum Gasteiger partial charge on any atom is 0.163 e. The van der Waals surface area contributed by atoms with E-state index in [-0.39, 0.29) is 22.9 Å². The summed E-state index contributed by atoms with van der Waals surface area (Å²) in [7, 11) is 0. The van der Waals surface area contributed by atoms with Gasteiger partial charge in [0, 0.05) is 17.2 Å². The third-order valence-electron chi connectivity index (χ3n) is 3.76. The van der Waals surface area contributed by atoms with Gasteiger partial charge in [-0.25, -0.2) is 4.39 Å². The molecule has 0 saturated heterocycles. The van der Waals surface area contributed by atoms with Crippen molar-refractivity contribution in [2.24, 2.45) is 0 Å². The Morgan fingerprint density at radius 2 is 1.90 bits per heavy atom. The molecular weight excluding hydrogens is 271 g/mol. The molecule has 0 saturated carbocycles. The second-order valence-electron chi connectivity index (χ2n) is 5.72. The molecule has 0 bridgehead atoms. The van der Waals surface area contributed by atoms with E-state index in [1.807, 2.05) is 13.8 Å². The summed E-state index contributed by atoms with van der Waals surface area (Å²) in [6, 6.07) is 7.54. The lowest BCUT2D eigenvalue weighted by Gasteiger charge is -2.35. The van der Waals surface area contributed by atoms with E-state index in [2.05, 4.69) is 0 Å². The van der Waals surface area contributed by atoms with E-state index in [4.69, 9.17) is 4.74 Å². The first-order chi connectivity index (χ1) is 9.79. The Kier molecular flexibility index (Phi) is 2.80. The molecule has 0 aromatic heterocycles. The second kappa shape index (κ2) is 4.32. The van der Waals surface area contributed by atoms with Crippen LogP contribution in [0.4, 0.5) is 4.39 Å². The zero-order chi connectivity index (χ0) is 15.4. The Hall–Kier alpha value is -2.36. The minimum absolute atomic E-state index is 0.109. The quantitative estimate of drug-likeness (QED) is 0.805. The van der Waals surface area contributed by atoms with E-state index in [1.165, 1.54) is 25.1 Å². The van der Waals surface area contributed by atoms with Crippen LogP contribution in [0.3, 0.4) is 0 Å². The highest BCUT2D eigenvalue weighted by Gasteiger charge is 2.33. The van der Waals surface area contributed by atoms with Gasteiger partial charge in [-0.15, -0.1) is 0 Å². The number of hydrogen-bond donors (Lipinski definition) is 1. The van der Waals surface area contributed by atoms with Gasteiger partial charge in [-0.3, -0.25) is 4.79 Å². The highest BCUT2D eigenvalue weighted by molar-refractivity contribution is 5.99. The van der Waals surface area contributed by atoms with Crippen molar-refractivity contribution in [2.75, 3.05) is 0 Å². The molecule has 1 N–H and O–H groups in total. The average molecular weight is 286 g/mol. The van der Waals surface area contributed by atoms with Gasteiger partial charge in [-0.2, -0.15) is 0 Å². The Morgan fingerprint density at radius 1 is 1.19 bits per heavy atom. The predicted molar refractivity (Wildman–Crippen MR) is 77.2 cm³/mol. The van der Waals surface area contributed by atoms with Gasteiger partial charge in [0.1, 0.15) is 22.9 Å². The van der Waals surface area contributed by atoms with Gasteiger partial charge < -0.3 is 9.84 Å². The largest absolute Gasteiger partial charge is 0.507 e.